The van der Waals surface area contributed by atoms with Gasteiger partial charge in [0.25, 0.3) is 0 Å². The van der Waals surface area contributed by atoms with E-state index in [4.69, 9.17) is 4.74 Å². The van der Waals surface area contributed by atoms with Gasteiger partial charge in [0.1, 0.15) is 11.6 Å². The predicted octanol–water partition coefficient (Wildman–Crippen LogP) is 2.51. The Morgan fingerprint density at radius 1 is 1.41 bits per heavy atom. The Bertz CT molecular complexity index is 402. The van der Waals surface area contributed by atoms with E-state index in [1.54, 1.807) is 13.0 Å². The van der Waals surface area contributed by atoms with Crippen LogP contribution in [0, 0.1) is 12.8 Å². The number of ketones is 1. The van der Waals surface area contributed by atoms with E-state index in [0.29, 0.717) is 18.3 Å². The van der Waals surface area contributed by atoms with Crippen molar-refractivity contribution in [2.24, 2.45) is 5.92 Å². The number of ether oxygens (including phenoxy) is 1. The van der Waals surface area contributed by atoms with Crippen LogP contribution >= 0.6 is 0 Å². The molecule has 0 aromatic carbocycles. The van der Waals surface area contributed by atoms with Crippen molar-refractivity contribution in [3.05, 3.63) is 17.6 Å². The van der Waals surface area contributed by atoms with Crippen LogP contribution in [0.1, 0.15) is 45.1 Å². The Labute approximate surface area is 102 Å². The molecule has 0 radical (unpaired) electrons. The van der Waals surface area contributed by atoms with Gasteiger partial charge in [0, 0.05) is 6.07 Å². The van der Waals surface area contributed by atoms with Gasteiger partial charge in [0.05, 0.1) is 18.2 Å². The van der Waals surface area contributed by atoms with E-state index >= 15 is 0 Å². The van der Waals surface area contributed by atoms with E-state index in [2.05, 4.69) is 9.97 Å². The summed E-state index contributed by atoms with van der Waals surface area (Å²) in [7, 11) is 0. The van der Waals surface area contributed by atoms with Crippen molar-refractivity contribution in [1.82, 2.24) is 9.97 Å². The minimum absolute atomic E-state index is 0.126. The third-order valence-corrected chi connectivity index (χ3v) is 2.55. The molecule has 0 saturated carbocycles. The maximum absolute atomic E-state index is 11.7. The normalized spacial score (nSPS) is 12.6. The molecular weight excluding hydrogens is 216 g/mol. The summed E-state index contributed by atoms with van der Waals surface area (Å²) < 4.78 is 5.37. The van der Waals surface area contributed by atoms with Crippen molar-refractivity contribution >= 4 is 5.78 Å². The Hall–Kier alpha value is -1.45. The van der Waals surface area contributed by atoms with Crippen LogP contribution in [0.15, 0.2) is 6.07 Å². The van der Waals surface area contributed by atoms with Crippen molar-refractivity contribution in [1.29, 1.82) is 0 Å². The van der Waals surface area contributed by atoms with Gasteiger partial charge >= 0.3 is 0 Å². The van der Waals surface area contributed by atoms with E-state index < -0.39 is 0 Å². The molecule has 1 atom stereocenters. The number of Topliss-reactive ketones (excluding diaryl/α,β-unsaturated/α-hetero) is 1. The van der Waals surface area contributed by atoms with Gasteiger partial charge in [-0.25, -0.2) is 4.98 Å². The molecule has 0 amide bonds. The minimum atomic E-state index is -0.184. The van der Waals surface area contributed by atoms with Gasteiger partial charge in [-0.1, -0.05) is 13.8 Å². The lowest BCUT2D eigenvalue weighted by atomic mass is 9.89. The number of rotatable bonds is 5. The molecule has 0 spiro atoms. The van der Waals surface area contributed by atoms with Gasteiger partial charge in [0.15, 0.2) is 0 Å². The number of aryl methyl sites for hydroxylation is 1. The highest BCUT2D eigenvalue weighted by Gasteiger charge is 2.23. The smallest absolute Gasteiger partial charge is 0.216 e. The number of nitrogens with zero attached hydrogens (tertiary/aromatic N) is 2. The first-order valence-corrected chi connectivity index (χ1v) is 5.94. The van der Waals surface area contributed by atoms with Crippen LogP contribution in [-0.2, 0) is 4.79 Å². The zero-order valence-electron chi connectivity index (χ0n) is 11.2. The van der Waals surface area contributed by atoms with Gasteiger partial charge < -0.3 is 4.74 Å². The first kappa shape index (κ1) is 13.6. The largest absolute Gasteiger partial charge is 0.478 e. The summed E-state index contributed by atoms with van der Waals surface area (Å²) in [5.74, 6) is 1.34. The van der Waals surface area contributed by atoms with Gasteiger partial charge in [-0.15, -0.1) is 0 Å². The van der Waals surface area contributed by atoms with Crippen molar-refractivity contribution in [3.63, 3.8) is 0 Å². The molecule has 0 aliphatic carbocycles. The lowest BCUT2D eigenvalue weighted by Crippen LogP contribution is -2.17. The second-order valence-electron chi connectivity index (χ2n) is 4.44. The van der Waals surface area contributed by atoms with Crippen molar-refractivity contribution in [2.45, 2.75) is 40.5 Å². The van der Waals surface area contributed by atoms with Gasteiger partial charge in [-0.05, 0) is 26.7 Å². The molecule has 0 bridgehead atoms. The fraction of sp³-hybridized carbons (Fsp3) is 0.615. The lowest BCUT2D eigenvalue weighted by Gasteiger charge is -2.18. The van der Waals surface area contributed by atoms with Crippen LogP contribution in [0.3, 0.4) is 0 Å². The fourth-order valence-corrected chi connectivity index (χ4v) is 1.96. The van der Waals surface area contributed by atoms with E-state index in [1.807, 2.05) is 27.7 Å². The molecule has 1 heterocycles. The summed E-state index contributed by atoms with van der Waals surface area (Å²) in [4.78, 5) is 20.2. The number of aromatic nitrogens is 2. The minimum Gasteiger partial charge on any atom is -0.478 e. The second kappa shape index (κ2) is 5.75. The zero-order chi connectivity index (χ0) is 13.0. The number of hydrogen-bond donors (Lipinski definition) is 0. The molecule has 1 rings (SSSR count). The molecule has 4 heteroatoms. The summed E-state index contributed by atoms with van der Waals surface area (Å²) in [6, 6.07) is 1.77. The third-order valence-electron chi connectivity index (χ3n) is 2.55. The molecule has 0 fully saturated rings. The molecule has 4 nitrogen and oxygen atoms in total. The molecule has 0 saturated heterocycles. The van der Waals surface area contributed by atoms with E-state index in [1.165, 1.54) is 0 Å². The van der Waals surface area contributed by atoms with Crippen LogP contribution in [0.5, 0.6) is 5.88 Å². The van der Waals surface area contributed by atoms with Crippen LogP contribution in [-0.4, -0.2) is 22.4 Å². The van der Waals surface area contributed by atoms with Crippen molar-refractivity contribution in [3.8, 4) is 5.88 Å². The first-order chi connectivity index (χ1) is 7.95. The molecule has 1 aromatic rings. The van der Waals surface area contributed by atoms with Gasteiger partial charge in [0.2, 0.25) is 5.88 Å². The van der Waals surface area contributed by atoms with E-state index in [9.17, 15) is 4.79 Å². The number of carbonyl (C=O) groups is 1. The maximum atomic E-state index is 11.7. The average molecular weight is 236 g/mol. The molecule has 1 aromatic heterocycles. The SMILES string of the molecule is CCOc1cc(C(C(C)=O)C(C)C)nc(C)n1. The topological polar surface area (TPSA) is 52.1 Å². The maximum Gasteiger partial charge on any atom is 0.216 e. The molecule has 94 valence electrons. The van der Waals surface area contributed by atoms with Gasteiger partial charge in [-0.2, -0.15) is 4.98 Å². The second-order valence-corrected chi connectivity index (χ2v) is 4.44. The number of hydrogen-bond acceptors (Lipinski definition) is 4. The van der Waals surface area contributed by atoms with Gasteiger partial charge in [-0.3, -0.25) is 4.79 Å². The summed E-state index contributed by atoms with van der Waals surface area (Å²) in [5.41, 5.74) is 0.753. The molecule has 17 heavy (non-hydrogen) atoms. The van der Waals surface area contributed by atoms with Crippen LogP contribution in [0.4, 0.5) is 0 Å². The molecule has 0 aliphatic heterocycles. The summed E-state index contributed by atoms with van der Waals surface area (Å²) >= 11 is 0. The Morgan fingerprint density at radius 3 is 2.53 bits per heavy atom. The van der Waals surface area contributed by atoms with Crippen LogP contribution in [0.2, 0.25) is 0 Å². The highest BCUT2D eigenvalue weighted by Crippen LogP contribution is 2.25. The standard InChI is InChI=1S/C13H20N2O2/c1-6-17-12-7-11(14-10(5)15-12)13(8(2)3)9(4)16/h7-8,13H,6H2,1-5H3. The van der Waals surface area contributed by atoms with Crippen LogP contribution in [0.25, 0.3) is 0 Å². The predicted molar refractivity (Wildman–Crippen MR) is 66.2 cm³/mol. The van der Waals surface area contributed by atoms with Crippen LogP contribution < -0.4 is 4.74 Å². The summed E-state index contributed by atoms with van der Waals surface area (Å²) in [6.45, 7) is 9.91. The Kier molecular flexibility index (Phi) is 4.61. The third kappa shape index (κ3) is 3.51. The first-order valence-electron chi connectivity index (χ1n) is 5.94. The number of carbonyl (C=O) groups excluding carboxylic acids is 1. The fourth-order valence-electron chi connectivity index (χ4n) is 1.96. The van der Waals surface area contributed by atoms with E-state index in [0.717, 1.165) is 5.69 Å². The summed E-state index contributed by atoms with van der Waals surface area (Å²) in [5, 5.41) is 0. The monoisotopic (exact) mass is 236 g/mol. The quantitative estimate of drug-likeness (QED) is 0.788. The van der Waals surface area contributed by atoms with Crippen molar-refractivity contribution < 1.29 is 9.53 Å². The highest BCUT2D eigenvalue weighted by atomic mass is 16.5. The van der Waals surface area contributed by atoms with E-state index in [-0.39, 0.29) is 17.6 Å². The molecule has 1 unspecified atom stereocenters. The zero-order valence-corrected chi connectivity index (χ0v) is 11.2. The highest BCUT2D eigenvalue weighted by molar-refractivity contribution is 5.83. The molecule has 0 N–H and O–H groups in total. The molecule has 0 aliphatic rings. The van der Waals surface area contributed by atoms with Crippen molar-refractivity contribution in [2.75, 3.05) is 6.61 Å². The average Bonchev–Trinajstić information content (AvgIpc) is 2.15. The Balaban J connectivity index is 3.14. The lowest BCUT2D eigenvalue weighted by molar-refractivity contribution is -0.119. The Morgan fingerprint density at radius 2 is 2.06 bits per heavy atom. The molecular formula is C13H20N2O2. The summed E-state index contributed by atoms with van der Waals surface area (Å²) in [6.07, 6.45) is 0.